The second-order valence-electron chi connectivity index (χ2n) is 4.67. The minimum absolute atomic E-state index is 0.109. The van der Waals surface area contributed by atoms with Crippen LogP contribution in [0.5, 0.6) is 0 Å². The molecule has 2 aromatic rings. The summed E-state index contributed by atoms with van der Waals surface area (Å²) >= 11 is 0. The zero-order chi connectivity index (χ0) is 13.7. The van der Waals surface area contributed by atoms with E-state index in [1.165, 1.54) is 17.5 Å². The molecule has 1 aromatic carbocycles. The third-order valence-electron chi connectivity index (χ3n) is 2.99. The normalized spacial score (nSPS) is 10.4. The number of amides is 1. The molecule has 0 fully saturated rings. The zero-order valence-corrected chi connectivity index (χ0v) is 11.3. The monoisotopic (exact) mass is 258 g/mol. The number of nitrogens with zero attached hydrogens (tertiary/aromatic N) is 3. The zero-order valence-electron chi connectivity index (χ0n) is 11.3. The average Bonchev–Trinajstić information content (AvgIpc) is 2.89. The highest BCUT2D eigenvalue weighted by atomic mass is 16.2. The molecule has 0 unspecified atom stereocenters. The summed E-state index contributed by atoms with van der Waals surface area (Å²) in [5, 5.41) is 6.51. The van der Waals surface area contributed by atoms with Gasteiger partial charge in [-0.1, -0.05) is 29.8 Å². The van der Waals surface area contributed by atoms with Crippen molar-refractivity contribution < 1.29 is 4.79 Å². The van der Waals surface area contributed by atoms with E-state index in [-0.39, 0.29) is 5.91 Å². The van der Waals surface area contributed by atoms with Gasteiger partial charge in [-0.25, -0.2) is 4.98 Å². The van der Waals surface area contributed by atoms with E-state index in [0.717, 1.165) is 6.42 Å². The molecule has 19 heavy (non-hydrogen) atoms. The van der Waals surface area contributed by atoms with E-state index in [9.17, 15) is 4.79 Å². The molecule has 1 aromatic heterocycles. The van der Waals surface area contributed by atoms with E-state index in [2.05, 4.69) is 40.3 Å². The Balaban J connectivity index is 1.84. The van der Waals surface area contributed by atoms with E-state index in [1.807, 2.05) is 6.07 Å². The van der Waals surface area contributed by atoms with Crippen LogP contribution in [0.2, 0.25) is 0 Å². The molecule has 0 atom stereocenters. The third kappa shape index (κ3) is 3.91. The lowest BCUT2D eigenvalue weighted by atomic mass is 10.1. The van der Waals surface area contributed by atoms with Gasteiger partial charge in [-0.3, -0.25) is 9.89 Å². The van der Waals surface area contributed by atoms with E-state index in [0.29, 0.717) is 18.8 Å². The Morgan fingerprint density at radius 1 is 1.42 bits per heavy atom. The first-order valence-corrected chi connectivity index (χ1v) is 6.29. The number of hydrogen-bond acceptors (Lipinski definition) is 3. The van der Waals surface area contributed by atoms with Gasteiger partial charge in [-0.15, -0.1) is 0 Å². The molecule has 5 heteroatoms. The molecule has 0 spiro atoms. The maximum atomic E-state index is 12.0. The Kier molecular flexibility index (Phi) is 4.28. The maximum absolute atomic E-state index is 12.0. The van der Waals surface area contributed by atoms with Gasteiger partial charge in [0.1, 0.15) is 12.2 Å². The van der Waals surface area contributed by atoms with Gasteiger partial charge in [-0.05, 0) is 18.9 Å². The molecule has 0 bridgehead atoms. The van der Waals surface area contributed by atoms with Gasteiger partial charge in [0, 0.05) is 13.5 Å². The number of aryl methyl sites for hydroxylation is 2. The van der Waals surface area contributed by atoms with Crippen molar-refractivity contribution in [2.75, 3.05) is 7.05 Å². The van der Waals surface area contributed by atoms with Crippen molar-refractivity contribution in [1.82, 2.24) is 20.1 Å². The number of benzene rings is 1. The van der Waals surface area contributed by atoms with Crippen molar-refractivity contribution >= 4 is 5.91 Å². The molecular weight excluding hydrogens is 240 g/mol. The van der Waals surface area contributed by atoms with Crippen molar-refractivity contribution in [3.05, 3.63) is 47.5 Å². The predicted octanol–water partition coefficient (Wildman–Crippen LogP) is 1.70. The van der Waals surface area contributed by atoms with Crippen LogP contribution in [0, 0.1) is 6.92 Å². The summed E-state index contributed by atoms with van der Waals surface area (Å²) in [6.45, 7) is 2.52. The fourth-order valence-corrected chi connectivity index (χ4v) is 1.93. The van der Waals surface area contributed by atoms with E-state index >= 15 is 0 Å². The Bertz CT molecular complexity index is 536. The molecule has 5 nitrogen and oxygen atoms in total. The molecule has 0 aliphatic rings. The molecule has 1 N–H and O–H groups in total. The third-order valence-corrected chi connectivity index (χ3v) is 2.99. The van der Waals surface area contributed by atoms with Gasteiger partial charge in [0.05, 0.1) is 6.54 Å². The van der Waals surface area contributed by atoms with Gasteiger partial charge in [0.15, 0.2) is 0 Å². The molecule has 1 heterocycles. The quantitative estimate of drug-likeness (QED) is 0.888. The van der Waals surface area contributed by atoms with Gasteiger partial charge in [-0.2, -0.15) is 5.10 Å². The first kappa shape index (κ1) is 13.3. The van der Waals surface area contributed by atoms with Crippen LogP contribution in [0.1, 0.15) is 23.4 Å². The lowest BCUT2D eigenvalue weighted by Crippen LogP contribution is -2.26. The minimum Gasteiger partial charge on any atom is -0.338 e. The summed E-state index contributed by atoms with van der Waals surface area (Å²) in [6.07, 6.45) is 2.72. The van der Waals surface area contributed by atoms with Crippen molar-refractivity contribution in [2.24, 2.45) is 0 Å². The Morgan fingerprint density at radius 3 is 2.95 bits per heavy atom. The summed E-state index contributed by atoms with van der Waals surface area (Å²) in [5.74, 6) is 0.810. The average molecular weight is 258 g/mol. The minimum atomic E-state index is 0.109. The Morgan fingerprint density at radius 2 is 2.26 bits per heavy atom. The van der Waals surface area contributed by atoms with Crippen LogP contribution in [0.15, 0.2) is 30.6 Å². The largest absolute Gasteiger partial charge is 0.338 e. The molecule has 0 saturated carbocycles. The molecule has 0 aliphatic carbocycles. The topological polar surface area (TPSA) is 61.9 Å². The van der Waals surface area contributed by atoms with Gasteiger partial charge < -0.3 is 4.90 Å². The smallest absolute Gasteiger partial charge is 0.223 e. The number of aromatic nitrogens is 3. The van der Waals surface area contributed by atoms with Crippen LogP contribution in [0.25, 0.3) is 0 Å². The second kappa shape index (κ2) is 6.13. The number of carbonyl (C=O) groups is 1. The van der Waals surface area contributed by atoms with E-state index in [1.54, 1.807) is 11.9 Å². The summed E-state index contributed by atoms with van der Waals surface area (Å²) in [5.41, 5.74) is 2.42. The number of rotatable bonds is 5. The molecule has 0 aliphatic heterocycles. The number of carbonyl (C=O) groups excluding carboxylic acids is 1. The van der Waals surface area contributed by atoms with Crippen molar-refractivity contribution in [3.63, 3.8) is 0 Å². The first-order chi connectivity index (χ1) is 9.15. The number of hydrogen-bond donors (Lipinski definition) is 1. The summed E-state index contributed by atoms with van der Waals surface area (Å²) in [7, 11) is 1.78. The molecule has 2 rings (SSSR count). The molecule has 0 radical (unpaired) electrons. The van der Waals surface area contributed by atoms with E-state index in [4.69, 9.17) is 0 Å². The maximum Gasteiger partial charge on any atom is 0.223 e. The lowest BCUT2D eigenvalue weighted by Gasteiger charge is -2.15. The van der Waals surface area contributed by atoms with Crippen LogP contribution in [0.4, 0.5) is 0 Å². The fourth-order valence-electron chi connectivity index (χ4n) is 1.93. The fraction of sp³-hybridized carbons (Fsp3) is 0.357. The summed E-state index contributed by atoms with van der Waals surface area (Å²) in [6, 6.07) is 8.25. The predicted molar refractivity (Wildman–Crippen MR) is 72.4 cm³/mol. The van der Waals surface area contributed by atoms with Crippen LogP contribution in [-0.2, 0) is 17.8 Å². The number of nitrogens with one attached hydrogen (secondary N) is 1. The van der Waals surface area contributed by atoms with Crippen LogP contribution in [0.3, 0.4) is 0 Å². The molecule has 1 amide bonds. The standard InChI is InChI=1S/C14H18N4O/c1-11-4-3-5-12(8-11)6-7-14(19)18(2)9-13-15-10-16-17-13/h3-5,8,10H,6-7,9H2,1-2H3,(H,15,16,17). The number of H-pyrrole nitrogens is 1. The van der Waals surface area contributed by atoms with Crippen molar-refractivity contribution in [3.8, 4) is 0 Å². The molecule has 0 saturated heterocycles. The van der Waals surface area contributed by atoms with Gasteiger partial charge >= 0.3 is 0 Å². The SMILES string of the molecule is Cc1cccc(CCC(=O)N(C)Cc2ncn[nH]2)c1. The van der Waals surface area contributed by atoms with Gasteiger partial charge in [0.2, 0.25) is 5.91 Å². The Labute approximate surface area is 112 Å². The highest BCUT2D eigenvalue weighted by molar-refractivity contribution is 5.76. The molecular formula is C14H18N4O. The first-order valence-electron chi connectivity index (χ1n) is 6.29. The lowest BCUT2D eigenvalue weighted by molar-refractivity contribution is -0.130. The van der Waals surface area contributed by atoms with Crippen LogP contribution < -0.4 is 0 Å². The highest BCUT2D eigenvalue weighted by Crippen LogP contribution is 2.08. The summed E-state index contributed by atoms with van der Waals surface area (Å²) in [4.78, 5) is 17.7. The van der Waals surface area contributed by atoms with Crippen LogP contribution >= 0.6 is 0 Å². The number of aromatic amines is 1. The summed E-state index contributed by atoms with van der Waals surface area (Å²) < 4.78 is 0. The van der Waals surface area contributed by atoms with Crippen molar-refractivity contribution in [2.45, 2.75) is 26.3 Å². The van der Waals surface area contributed by atoms with E-state index < -0.39 is 0 Å². The van der Waals surface area contributed by atoms with Crippen molar-refractivity contribution in [1.29, 1.82) is 0 Å². The second-order valence-corrected chi connectivity index (χ2v) is 4.67. The molecule has 100 valence electrons. The Hall–Kier alpha value is -2.17. The van der Waals surface area contributed by atoms with Gasteiger partial charge in [0.25, 0.3) is 0 Å². The van der Waals surface area contributed by atoms with Crippen LogP contribution in [-0.4, -0.2) is 33.0 Å². The highest BCUT2D eigenvalue weighted by Gasteiger charge is 2.10.